The number of methoxy groups -OCH3 is 1. The summed E-state index contributed by atoms with van der Waals surface area (Å²) in [6.45, 7) is 0.383. The Kier molecular flexibility index (Phi) is 7.61. The van der Waals surface area contributed by atoms with Crippen LogP contribution in [0.4, 0.5) is 0 Å². The zero-order valence-corrected chi connectivity index (χ0v) is 12.2. The second-order valence-electron chi connectivity index (χ2n) is 4.52. The first-order valence-electron chi connectivity index (χ1n) is 6.64. The number of nitrogens with zero attached hydrogens (tertiary/aromatic N) is 1. The van der Waals surface area contributed by atoms with Crippen molar-refractivity contribution >= 4 is 11.9 Å². The highest BCUT2D eigenvalue weighted by Gasteiger charge is 2.20. The van der Waals surface area contributed by atoms with Crippen molar-refractivity contribution in [1.29, 1.82) is 5.26 Å². The number of hydrogen-bond acceptors (Lipinski definition) is 5. The molecule has 0 heterocycles. The number of rotatable bonds is 9. The maximum absolute atomic E-state index is 11.6. The van der Waals surface area contributed by atoms with Gasteiger partial charge in [0, 0.05) is 13.5 Å². The van der Waals surface area contributed by atoms with Gasteiger partial charge in [0.1, 0.15) is 12.6 Å². The predicted octanol–water partition coefficient (Wildman–Crippen LogP) is 0.333. The lowest BCUT2D eigenvalue weighted by Gasteiger charge is -2.15. The van der Waals surface area contributed by atoms with E-state index in [1.165, 1.54) is 7.11 Å². The average Bonchev–Trinajstić information content (AvgIpc) is 2.51. The molecule has 7 nitrogen and oxygen atoms in total. The molecule has 0 saturated heterocycles. The molecule has 0 unspecified atom stereocenters. The quantitative estimate of drug-likeness (QED) is 0.637. The van der Waals surface area contributed by atoms with E-state index in [1.54, 1.807) is 24.3 Å². The fourth-order valence-electron chi connectivity index (χ4n) is 1.75. The van der Waals surface area contributed by atoms with Crippen LogP contribution in [0.2, 0.25) is 0 Å². The van der Waals surface area contributed by atoms with E-state index in [0.29, 0.717) is 17.7 Å². The Labute approximate surface area is 128 Å². The molecule has 0 fully saturated rings. The van der Waals surface area contributed by atoms with Gasteiger partial charge >= 0.3 is 5.97 Å². The summed E-state index contributed by atoms with van der Waals surface area (Å²) in [7, 11) is 1.51. The van der Waals surface area contributed by atoms with E-state index in [-0.39, 0.29) is 19.6 Å². The number of carbonyl (C=O) groups is 2. The van der Waals surface area contributed by atoms with Gasteiger partial charge in [0.2, 0.25) is 5.91 Å². The predicted molar refractivity (Wildman–Crippen MR) is 77.1 cm³/mol. The Hall–Kier alpha value is -2.43. The molecule has 1 amide bonds. The second kappa shape index (κ2) is 9.50. The standard InChI is InChI=1S/C15H18N2O5/c1-21-5-6-22-10-14(18)17-13(15(19)20)8-11-3-2-4-12(7-11)9-16/h2-4,7,13H,5-6,8,10H2,1H3,(H,17,18)(H,19,20)/t13-/m1/s1. The third kappa shape index (κ3) is 6.35. The van der Waals surface area contributed by atoms with Gasteiger partial charge in [0.15, 0.2) is 0 Å². The maximum atomic E-state index is 11.6. The van der Waals surface area contributed by atoms with E-state index in [4.69, 9.17) is 14.7 Å². The van der Waals surface area contributed by atoms with E-state index >= 15 is 0 Å². The first kappa shape index (κ1) is 17.6. The minimum Gasteiger partial charge on any atom is -0.480 e. The molecule has 1 aromatic rings. The molecule has 22 heavy (non-hydrogen) atoms. The van der Waals surface area contributed by atoms with Gasteiger partial charge in [0.25, 0.3) is 0 Å². The Morgan fingerprint density at radius 2 is 2.18 bits per heavy atom. The fourth-order valence-corrected chi connectivity index (χ4v) is 1.75. The third-order valence-corrected chi connectivity index (χ3v) is 2.79. The van der Waals surface area contributed by atoms with Crippen molar-refractivity contribution in [2.75, 3.05) is 26.9 Å². The second-order valence-corrected chi connectivity index (χ2v) is 4.52. The first-order chi connectivity index (χ1) is 10.6. The van der Waals surface area contributed by atoms with Crippen LogP contribution >= 0.6 is 0 Å². The van der Waals surface area contributed by atoms with Gasteiger partial charge in [-0.3, -0.25) is 4.79 Å². The zero-order chi connectivity index (χ0) is 16.4. The smallest absolute Gasteiger partial charge is 0.326 e. The molecule has 0 aliphatic heterocycles. The minimum atomic E-state index is -1.15. The van der Waals surface area contributed by atoms with Gasteiger partial charge in [0.05, 0.1) is 24.8 Å². The van der Waals surface area contributed by atoms with Crippen LogP contribution in [0, 0.1) is 11.3 Å². The number of nitrogens with one attached hydrogen (secondary N) is 1. The lowest BCUT2D eigenvalue weighted by molar-refractivity contribution is -0.142. The Morgan fingerprint density at radius 3 is 2.82 bits per heavy atom. The van der Waals surface area contributed by atoms with Gasteiger partial charge < -0.3 is 19.9 Å². The maximum Gasteiger partial charge on any atom is 0.326 e. The molecular weight excluding hydrogens is 288 g/mol. The van der Waals surface area contributed by atoms with Crippen LogP contribution < -0.4 is 5.32 Å². The van der Waals surface area contributed by atoms with Crippen LogP contribution in [-0.4, -0.2) is 50.0 Å². The number of benzene rings is 1. The summed E-state index contributed by atoms with van der Waals surface area (Å²) in [4.78, 5) is 22.9. The molecular formula is C15H18N2O5. The lowest BCUT2D eigenvalue weighted by Crippen LogP contribution is -2.44. The summed E-state index contributed by atoms with van der Waals surface area (Å²) >= 11 is 0. The van der Waals surface area contributed by atoms with Gasteiger partial charge in [-0.25, -0.2) is 4.79 Å². The van der Waals surface area contributed by atoms with E-state index in [2.05, 4.69) is 5.32 Å². The molecule has 0 spiro atoms. The lowest BCUT2D eigenvalue weighted by atomic mass is 10.0. The molecule has 0 radical (unpaired) electrons. The molecule has 7 heteroatoms. The molecule has 0 aliphatic rings. The van der Waals surface area contributed by atoms with Crippen molar-refractivity contribution in [3.63, 3.8) is 0 Å². The number of hydrogen-bond donors (Lipinski definition) is 2. The molecule has 1 aromatic carbocycles. The third-order valence-electron chi connectivity index (χ3n) is 2.79. The van der Waals surface area contributed by atoms with Gasteiger partial charge in [-0.15, -0.1) is 0 Å². The molecule has 118 valence electrons. The van der Waals surface area contributed by atoms with Gasteiger partial charge in [-0.1, -0.05) is 12.1 Å². The number of carboxylic acids is 1. The van der Waals surface area contributed by atoms with Crippen LogP contribution in [0.1, 0.15) is 11.1 Å². The SMILES string of the molecule is COCCOCC(=O)N[C@H](Cc1cccc(C#N)c1)C(=O)O. The van der Waals surface area contributed by atoms with Crippen molar-refractivity contribution in [3.05, 3.63) is 35.4 Å². The van der Waals surface area contributed by atoms with Gasteiger partial charge in [-0.2, -0.15) is 5.26 Å². The topological polar surface area (TPSA) is 109 Å². The number of carboxylic acid groups (broad SMARTS) is 1. The number of amides is 1. The molecule has 2 N–H and O–H groups in total. The van der Waals surface area contributed by atoms with Crippen molar-refractivity contribution in [3.8, 4) is 6.07 Å². The Morgan fingerprint density at radius 1 is 1.41 bits per heavy atom. The molecule has 1 atom stereocenters. The highest BCUT2D eigenvalue weighted by Crippen LogP contribution is 2.07. The number of ether oxygens (including phenoxy) is 2. The van der Waals surface area contributed by atoms with Crippen molar-refractivity contribution in [2.24, 2.45) is 0 Å². The average molecular weight is 306 g/mol. The number of nitriles is 1. The summed E-state index contributed by atoms with van der Waals surface area (Å²) in [5.41, 5.74) is 1.10. The van der Waals surface area contributed by atoms with Crippen LogP contribution in [0.15, 0.2) is 24.3 Å². The fraction of sp³-hybridized carbons (Fsp3) is 0.400. The summed E-state index contributed by atoms with van der Waals surface area (Å²) < 4.78 is 9.80. The summed E-state index contributed by atoms with van der Waals surface area (Å²) in [5, 5.41) is 20.4. The van der Waals surface area contributed by atoms with E-state index in [9.17, 15) is 14.7 Å². The van der Waals surface area contributed by atoms with Crippen molar-refractivity contribution < 1.29 is 24.2 Å². The van der Waals surface area contributed by atoms with Crippen molar-refractivity contribution in [1.82, 2.24) is 5.32 Å². The largest absolute Gasteiger partial charge is 0.480 e. The highest BCUT2D eigenvalue weighted by atomic mass is 16.5. The van der Waals surface area contributed by atoms with E-state index in [1.807, 2.05) is 6.07 Å². The molecule has 0 bridgehead atoms. The molecule has 1 rings (SSSR count). The molecule has 0 saturated carbocycles. The van der Waals surface area contributed by atoms with Crippen LogP contribution in [0.25, 0.3) is 0 Å². The van der Waals surface area contributed by atoms with E-state index < -0.39 is 17.9 Å². The Bertz CT molecular complexity index is 553. The summed E-state index contributed by atoms with van der Waals surface area (Å²) in [6, 6.07) is 7.50. The zero-order valence-electron chi connectivity index (χ0n) is 12.2. The first-order valence-corrected chi connectivity index (χ1v) is 6.64. The molecule has 0 aromatic heterocycles. The van der Waals surface area contributed by atoms with Crippen LogP contribution in [0.3, 0.4) is 0 Å². The normalized spacial score (nSPS) is 11.5. The summed E-state index contributed by atoms with van der Waals surface area (Å²) in [6.07, 6.45) is 0.0919. The highest BCUT2D eigenvalue weighted by molar-refractivity contribution is 5.84. The van der Waals surface area contributed by atoms with Crippen LogP contribution in [-0.2, 0) is 25.5 Å². The number of carbonyl (C=O) groups excluding carboxylic acids is 1. The minimum absolute atomic E-state index is 0.0919. The summed E-state index contributed by atoms with van der Waals surface area (Å²) in [5.74, 6) is -1.66. The number of aliphatic carboxylic acids is 1. The van der Waals surface area contributed by atoms with E-state index in [0.717, 1.165) is 0 Å². The molecule has 0 aliphatic carbocycles. The van der Waals surface area contributed by atoms with Crippen LogP contribution in [0.5, 0.6) is 0 Å². The van der Waals surface area contributed by atoms with Gasteiger partial charge in [-0.05, 0) is 17.7 Å². The Balaban J connectivity index is 2.56. The monoisotopic (exact) mass is 306 g/mol. The van der Waals surface area contributed by atoms with Crippen molar-refractivity contribution in [2.45, 2.75) is 12.5 Å².